The minimum absolute atomic E-state index is 0.0519. The zero-order chi connectivity index (χ0) is 20.6. The topological polar surface area (TPSA) is 60.9 Å². The highest BCUT2D eigenvalue weighted by atomic mass is 32.1. The summed E-state index contributed by atoms with van der Waals surface area (Å²) in [5, 5.41) is 14.8. The molecule has 3 aromatic carbocycles. The molecule has 0 aliphatic carbocycles. The second kappa shape index (κ2) is 7.45. The first-order valence-electron chi connectivity index (χ1n) is 10.1. The lowest BCUT2D eigenvalue weighted by Crippen LogP contribution is -2.07. The molecular weight excluding hydrogens is 404 g/mol. The molecule has 0 N–H and O–H groups in total. The SMILES string of the molecule is c1ccc(C(c2ccccc2)c2nn3c(Cn4cnc5ccccc54)nnc3s2)cc1. The van der Waals surface area contributed by atoms with Gasteiger partial charge in [-0.05, 0) is 23.3 Å². The van der Waals surface area contributed by atoms with Gasteiger partial charge in [0.2, 0.25) is 4.96 Å². The van der Waals surface area contributed by atoms with Crippen molar-refractivity contribution in [3.63, 3.8) is 0 Å². The molecule has 0 saturated heterocycles. The first-order chi connectivity index (χ1) is 15.4. The molecule has 0 unspecified atom stereocenters. The van der Waals surface area contributed by atoms with Crippen molar-refractivity contribution in [2.24, 2.45) is 0 Å². The third-order valence-electron chi connectivity index (χ3n) is 5.42. The van der Waals surface area contributed by atoms with Gasteiger partial charge in [-0.3, -0.25) is 0 Å². The smallest absolute Gasteiger partial charge is 0.234 e. The lowest BCUT2D eigenvalue weighted by molar-refractivity contribution is 0.716. The van der Waals surface area contributed by atoms with Crippen LogP contribution in [0.1, 0.15) is 27.9 Å². The molecule has 31 heavy (non-hydrogen) atoms. The number of fused-ring (bicyclic) bond motifs is 2. The molecule has 0 aliphatic rings. The van der Waals surface area contributed by atoms with E-state index < -0.39 is 0 Å². The second-order valence-corrected chi connectivity index (χ2v) is 8.35. The Morgan fingerprint density at radius 3 is 2.19 bits per heavy atom. The van der Waals surface area contributed by atoms with E-state index in [-0.39, 0.29) is 5.92 Å². The highest BCUT2D eigenvalue weighted by Crippen LogP contribution is 2.34. The fourth-order valence-electron chi connectivity index (χ4n) is 3.94. The lowest BCUT2D eigenvalue weighted by Gasteiger charge is -2.15. The van der Waals surface area contributed by atoms with Crippen LogP contribution in [-0.2, 0) is 6.54 Å². The maximum absolute atomic E-state index is 4.96. The van der Waals surface area contributed by atoms with Crippen molar-refractivity contribution >= 4 is 27.3 Å². The first-order valence-corrected chi connectivity index (χ1v) is 10.9. The van der Waals surface area contributed by atoms with E-state index in [1.165, 1.54) is 11.1 Å². The van der Waals surface area contributed by atoms with Crippen LogP contribution in [0, 0.1) is 0 Å². The summed E-state index contributed by atoms with van der Waals surface area (Å²) in [6, 6.07) is 29.1. The summed E-state index contributed by atoms with van der Waals surface area (Å²) in [7, 11) is 0. The summed E-state index contributed by atoms with van der Waals surface area (Å²) >= 11 is 1.59. The largest absolute Gasteiger partial charge is 0.323 e. The Labute approximate surface area is 182 Å². The molecular formula is C24H18N6S. The Kier molecular flexibility index (Phi) is 4.32. The monoisotopic (exact) mass is 422 g/mol. The van der Waals surface area contributed by atoms with E-state index in [0.29, 0.717) is 6.54 Å². The second-order valence-electron chi connectivity index (χ2n) is 7.37. The van der Waals surface area contributed by atoms with E-state index in [1.54, 1.807) is 11.3 Å². The molecule has 6 nitrogen and oxygen atoms in total. The molecule has 0 bridgehead atoms. The summed E-state index contributed by atoms with van der Waals surface area (Å²) in [5.41, 5.74) is 4.46. The van der Waals surface area contributed by atoms with Crippen molar-refractivity contribution in [3.8, 4) is 0 Å². The van der Waals surface area contributed by atoms with Gasteiger partial charge in [-0.2, -0.15) is 9.61 Å². The molecule has 6 rings (SSSR count). The van der Waals surface area contributed by atoms with Crippen molar-refractivity contribution in [2.75, 3.05) is 0 Å². The van der Waals surface area contributed by atoms with Gasteiger partial charge in [0.05, 0.1) is 29.8 Å². The number of imidazole rings is 1. The fraction of sp³-hybridized carbons (Fsp3) is 0.0833. The molecule has 0 spiro atoms. The number of benzene rings is 3. The van der Waals surface area contributed by atoms with Gasteiger partial charge in [0, 0.05) is 0 Å². The van der Waals surface area contributed by atoms with Gasteiger partial charge in [-0.25, -0.2) is 4.98 Å². The van der Waals surface area contributed by atoms with Gasteiger partial charge >= 0.3 is 0 Å². The summed E-state index contributed by atoms with van der Waals surface area (Å²) in [6.07, 6.45) is 1.84. The van der Waals surface area contributed by atoms with Crippen LogP contribution in [0.3, 0.4) is 0 Å². The first kappa shape index (κ1) is 18.0. The van der Waals surface area contributed by atoms with Crippen LogP contribution in [0.25, 0.3) is 16.0 Å². The van der Waals surface area contributed by atoms with E-state index >= 15 is 0 Å². The van der Waals surface area contributed by atoms with E-state index in [0.717, 1.165) is 26.8 Å². The zero-order valence-electron chi connectivity index (χ0n) is 16.5. The molecule has 0 fully saturated rings. The number of para-hydroxylation sites is 2. The molecule has 0 radical (unpaired) electrons. The molecule has 3 aromatic heterocycles. The van der Waals surface area contributed by atoms with E-state index in [4.69, 9.17) is 5.10 Å². The molecule has 6 aromatic rings. The molecule has 0 saturated carbocycles. The minimum Gasteiger partial charge on any atom is -0.323 e. The quantitative estimate of drug-likeness (QED) is 0.402. The number of nitrogens with zero attached hydrogens (tertiary/aromatic N) is 6. The summed E-state index contributed by atoms with van der Waals surface area (Å²) in [5.74, 6) is 0.844. The van der Waals surface area contributed by atoms with Gasteiger partial charge in [-0.1, -0.05) is 84.1 Å². The van der Waals surface area contributed by atoms with Crippen molar-refractivity contribution < 1.29 is 0 Å². The standard InChI is InChI=1S/C24H18N6S/c1-3-9-17(10-4-1)22(18-11-5-2-6-12-18)23-28-30-21(26-27-24(30)31-23)15-29-16-25-19-13-7-8-14-20(19)29/h1-14,16,22H,15H2. The van der Waals surface area contributed by atoms with Gasteiger partial charge < -0.3 is 4.57 Å². The van der Waals surface area contributed by atoms with Gasteiger partial charge in [-0.15, -0.1) is 10.2 Å². The molecule has 7 heteroatoms. The number of hydrogen-bond acceptors (Lipinski definition) is 5. The van der Waals surface area contributed by atoms with E-state index in [2.05, 4.69) is 74.3 Å². The molecule has 3 heterocycles. The van der Waals surface area contributed by atoms with Gasteiger partial charge in [0.1, 0.15) is 5.01 Å². The average Bonchev–Trinajstić information content (AvgIpc) is 3.52. The fourth-order valence-corrected chi connectivity index (χ4v) is 4.96. The van der Waals surface area contributed by atoms with Gasteiger partial charge in [0.15, 0.2) is 5.82 Å². The van der Waals surface area contributed by atoms with Crippen molar-refractivity contribution in [1.29, 1.82) is 0 Å². The summed E-state index contributed by atoms with van der Waals surface area (Å²) in [6.45, 7) is 0.562. The predicted molar refractivity (Wildman–Crippen MR) is 121 cm³/mol. The van der Waals surface area contributed by atoms with Crippen LogP contribution < -0.4 is 0 Å². The van der Waals surface area contributed by atoms with Crippen LogP contribution in [-0.4, -0.2) is 29.4 Å². The normalized spacial score (nSPS) is 11.6. The maximum atomic E-state index is 4.96. The van der Waals surface area contributed by atoms with E-state index in [9.17, 15) is 0 Å². The summed E-state index contributed by atoms with van der Waals surface area (Å²) < 4.78 is 3.95. The third-order valence-corrected chi connectivity index (χ3v) is 6.39. The highest BCUT2D eigenvalue weighted by Gasteiger charge is 2.23. The average molecular weight is 423 g/mol. The van der Waals surface area contributed by atoms with Crippen molar-refractivity contribution in [2.45, 2.75) is 12.5 Å². The Balaban J connectivity index is 1.43. The van der Waals surface area contributed by atoms with E-state index in [1.807, 2.05) is 41.2 Å². The molecule has 0 atom stereocenters. The maximum Gasteiger partial charge on any atom is 0.234 e. The number of hydrogen-bond donors (Lipinski definition) is 0. The third kappa shape index (κ3) is 3.19. The van der Waals surface area contributed by atoms with Crippen molar-refractivity contribution in [3.05, 3.63) is 113 Å². The minimum atomic E-state index is 0.0519. The predicted octanol–water partition coefficient (Wildman–Crippen LogP) is 4.76. The Hall–Kier alpha value is -3.84. The summed E-state index contributed by atoms with van der Waals surface area (Å²) in [4.78, 5) is 5.28. The highest BCUT2D eigenvalue weighted by molar-refractivity contribution is 7.16. The number of aromatic nitrogens is 6. The van der Waals surface area contributed by atoms with Crippen molar-refractivity contribution in [1.82, 2.24) is 29.4 Å². The van der Waals surface area contributed by atoms with Gasteiger partial charge in [0.25, 0.3) is 0 Å². The van der Waals surface area contributed by atoms with Crippen LogP contribution in [0.4, 0.5) is 0 Å². The Morgan fingerprint density at radius 1 is 0.774 bits per heavy atom. The lowest BCUT2D eigenvalue weighted by atomic mass is 9.92. The number of rotatable bonds is 5. The van der Waals surface area contributed by atoms with Crippen LogP contribution in [0.5, 0.6) is 0 Å². The molecule has 0 aliphatic heterocycles. The molecule has 0 amide bonds. The Morgan fingerprint density at radius 2 is 1.45 bits per heavy atom. The Bertz CT molecular complexity index is 1430. The van der Waals surface area contributed by atoms with Crippen LogP contribution in [0.2, 0.25) is 0 Å². The molecule has 150 valence electrons. The zero-order valence-corrected chi connectivity index (χ0v) is 17.4. The van der Waals surface area contributed by atoms with Crippen LogP contribution in [0.15, 0.2) is 91.3 Å². The van der Waals surface area contributed by atoms with Crippen LogP contribution >= 0.6 is 11.3 Å².